The molecule has 0 radical (unpaired) electrons. The largest absolute Gasteiger partial charge is 0.477 e. The Kier molecular flexibility index (Phi) is 9.78. The molecule has 0 spiro atoms. The van der Waals surface area contributed by atoms with Crippen LogP contribution >= 0.6 is 11.6 Å². The van der Waals surface area contributed by atoms with Crippen LogP contribution in [0.5, 0.6) is 5.88 Å². The zero-order valence-corrected chi connectivity index (χ0v) is 27.2. The van der Waals surface area contributed by atoms with Gasteiger partial charge in [-0.05, 0) is 69.9 Å². The summed E-state index contributed by atoms with van der Waals surface area (Å²) in [6.07, 6.45) is 2.35. The van der Waals surface area contributed by atoms with Gasteiger partial charge in [-0.3, -0.25) is 9.48 Å². The minimum absolute atomic E-state index is 0.0725. The molecule has 4 heterocycles. The van der Waals surface area contributed by atoms with Crippen LogP contribution in [0.25, 0.3) is 5.82 Å². The average Bonchev–Trinajstić information content (AvgIpc) is 3.27. The predicted molar refractivity (Wildman–Crippen MR) is 162 cm³/mol. The third-order valence-electron chi connectivity index (χ3n) is 8.55. The first kappa shape index (κ1) is 34.5. The molecule has 47 heavy (non-hydrogen) atoms. The van der Waals surface area contributed by atoms with Crippen LogP contribution < -0.4 is 9.46 Å². The number of nitrogens with one attached hydrogen (secondary N) is 1. The normalized spacial score (nSPS) is 20.7. The van der Waals surface area contributed by atoms with Gasteiger partial charge in [0, 0.05) is 37.1 Å². The number of carboxylic acid groups (broad SMARTS) is 1. The number of carbonyl (C=O) groups excluding carboxylic acids is 1. The predicted octanol–water partition coefficient (Wildman–Crippen LogP) is 5.15. The Hall–Kier alpha value is -3.86. The highest BCUT2D eigenvalue weighted by Crippen LogP contribution is 2.51. The second-order valence-electron chi connectivity index (χ2n) is 12.5. The van der Waals surface area contributed by atoms with E-state index in [-0.39, 0.29) is 52.7 Å². The number of halogens is 4. The lowest BCUT2D eigenvalue weighted by molar-refractivity contribution is -0.151. The molecule has 1 saturated heterocycles. The van der Waals surface area contributed by atoms with Crippen molar-refractivity contribution < 1.29 is 41.0 Å². The number of aromatic nitrogens is 5. The van der Waals surface area contributed by atoms with E-state index in [1.54, 1.807) is 0 Å². The van der Waals surface area contributed by atoms with Gasteiger partial charge in [0.25, 0.3) is 15.9 Å². The molecule has 3 atom stereocenters. The molecule has 256 valence electrons. The summed E-state index contributed by atoms with van der Waals surface area (Å²) in [5.74, 6) is -2.10. The summed E-state index contributed by atoms with van der Waals surface area (Å²) in [6.45, 7) is 4.84. The van der Waals surface area contributed by atoms with Crippen molar-refractivity contribution in [2.75, 3.05) is 13.2 Å². The van der Waals surface area contributed by atoms with Gasteiger partial charge in [0.1, 0.15) is 10.0 Å². The Morgan fingerprint density at radius 3 is 2.62 bits per heavy atom. The second kappa shape index (κ2) is 13.3. The number of likely N-dealkylation sites (tertiary alicyclic amines) is 1. The van der Waals surface area contributed by atoms with E-state index in [0.717, 1.165) is 25.5 Å². The molecule has 1 saturated carbocycles. The average molecular weight is 702 g/mol. The van der Waals surface area contributed by atoms with Gasteiger partial charge >= 0.3 is 12.3 Å². The monoisotopic (exact) mass is 701 g/mol. The number of carbonyl (C=O) groups is 2. The maximum absolute atomic E-state index is 12.9. The Labute approximate surface area is 274 Å². The van der Waals surface area contributed by atoms with Crippen molar-refractivity contribution >= 4 is 33.6 Å². The van der Waals surface area contributed by atoms with Gasteiger partial charge in [0.05, 0.1) is 24.3 Å². The van der Waals surface area contributed by atoms with Crippen LogP contribution in [0.2, 0.25) is 5.15 Å². The summed E-state index contributed by atoms with van der Waals surface area (Å²) in [5.41, 5.74) is -0.599. The van der Waals surface area contributed by atoms with Crippen LogP contribution in [0.3, 0.4) is 0 Å². The molecule has 2 fully saturated rings. The molecule has 0 bridgehead atoms. The fourth-order valence-corrected chi connectivity index (χ4v) is 7.13. The fourth-order valence-electron chi connectivity index (χ4n) is 5.98. The van der Waals surface area contributed by atoms with Crippen LogP contribution in [0.1, 0.15) is 62.7 Å². The minimum Gasteiger partial charge on any atom is -0.477 e. The number of alkyl halides is 3. The van der Waals surface area contributed by atoms with Crippen molar-refractivity contribution in [3.8, 4) is 11.7 Å². The summed E-state index contributed by atoms with van der Waals surface area (Å²) < 4.78 is 74.0. The molecule has 3 aromatic rings. The summed E-state index contributed by atoms with van der Waals surface area (Å²) in [7, 11) is -4.28. The lowest BCUT2D eigenvalue weighted by atomic mass is 9.93. The number of aryl methyl sites for hydroxylation is 1. The van der Waals surface area contributed by atoms with Gasteiger partial charge in [0.15, 0.2) is 5.82 Å². The van der Waals surface area contributed by atoms with Crippen LogP contribution in [-0.2, 0) is 16.6 Å². The van der Waals surface area contributed by atoms with Crippen LogP contribution in [0.15, 0.2) is 41.7 Å². The van der Waals surface area contributed by atoms with Crippen molar-refractivity contribution in [3.05, 3.63) is 47.5 Å². The topological polar surface area (TPSA) is 162 Å². The molecule has 2 aliphatic rings. The highest BCUT2D eigenvalue weighted by Gasteiger charge is 2.55. The maximum atomic E-state index is 12.9. The lowest BCUT2D eigenvalue weighted by Gasteiger charge is -2.28. The number of hydrogen-bond donors (Lipinski definition) is 2. The number of sulfonamides is 1. The summed E-state index contributed by atoms with van der Waals surface area (Å²) >= 11 is 6.21. The van der Waals surface area contributed by atoms with Gasteiger partial charge in [-0.1, -0.05) is 18.0 Å². The molecule has 3 aromatic heterocycles. The Balaban J connectivity index is 1.09. The van der Waals surface area contributed by atoms with E-state index in [4.69, 9.17) is 16.3 Å². The first-order valence-corrected chi connectivity index (χ1v) is 16.9. The molecule has 1 aliphatic carbocycles. The number of amides is 2. The Bertz CT molecular complexity index is 1730. The molecule has 3 unspecified atom stereocenters. The van der Waals surface area contributed by atoms with E-state index in [1.165, 1.54) is 44.9 Å². The summed E-state index contributed by atoms with van der Waals surface area (Å²) in [4.78, 5) is 29.7. The smallest absolute Gasteiger partial charge is 0.407 e. The van der Waals surface area contributed by atoms with E-state index in [2.05, 4.69) is 15.2 Å². The fraction of sp³-hybridized carbons (Fsp3) is 0.552. The highest BCUT2D eigenvalue weighted by molar-refractivity contribution is 7.90. The molecule has 13 nitrogen and oxygen atoms in total. The number of pyridine rings is 1. The third-order valence-corrected chi connectivity index (χ3v) is 10.1. The van der Waals surface area contributed by atoms with Crippen LogP contribution in [0.4, 0.5) is 18.0 Å². The van der Waals surface area contributed by atoms with Gasteiger partial charge in [-0.2, -0.15) is 18.3 Å². The van der Waals surface area contributed by atoms with Crippen LogP contribution in [-0.4, -0.2) is 79.8 Å². The SMILES string of the molecule is CC1(C)CC(CCCCn2cc(S(=O)(=O)NC(=O)c3ccc(-n4ccc(OCCC5CC5C(F)(F)F)n4)nc3Cl)cn2)CN1C(=O)O. The third kappa shape index (κ3) is 8.36. The molecule has 0 aromatic carbocycles. The van der Waals surface area contributed by atoms with Gasteiger partial charge in [-0.15, -0.1) is 5.10 Å². The molecular formula is C29H35ClF3N7O6S. The van der Waals surface area contributed by atoms with Gasteiger partial charge in [0.2, 0.25) is 5.88 Å². The first-order chi connectivity index (χ1) is 22.0. The van der Waals surface area contributed by atoms with E-state index < -0.39 is 45.6 Å². The second-order valence-corrected chi connectivity index (χ2v) is 14.6. The molecule has 18 heteroatoms. The molecule has 5 rings (SSSR count). The standard InChI is InChI=1S/C29H35ClF3N7O6S/c1-28(2)14-18(16-39(28)27(42)43)5-3-4-10-38-17-20(15-34-38)47(44,45)37-26(41)21-6-7-23(35-25(21)30)40-11-8-24(36-40)46-12-9-19-13-22(19)29(31,32)33/h6-8,11,15,17-19,22H,3-5,9-10,12-14,16H2,1-2H3,(H,37,41)(H,42,43). The van der Waals surface area contributed by atoms with E-state index in [9.17, 15) is 36.3 Å². The van der Waals surface area contributed by atoms with Gasteiger partial charge < -0.3 is 14.7 Å². The maximum Gasteiger partial charge on any atom is 0.407 e. The summed E-state index contributed by atoms with van der Waals surface area (Å²) in [6, 6.07) is 4.18. The molecule has 1 aliphatic heterocycles. The Morgan fingerprint density at radius 2 is 1.96 bits per heavy atom. The quantitative estimate of drug-likeness (QED) is 0.181. The van der Waals surface area contributed by atoms with Gasteiger partial charge in [-0.25, -0.2) is 27.6 Å². The highest BCUT2D eigenvalue weighted by atomic mass is 35.5. The first-order valence-electron chi connectivity index (χ1n) is 15.1. The van der Waals surface area contributed by atoms with Crippen molar-refractivity contribution in [2.24, 2.45) is 17.8 Å². The number of ether oxygens (including phenoxy) is 1. The molecule has 2 amide bonds. The number of hydrogen-bond acceptors (Lipinski definition) is 8. The van der Waals surface area contributed by atoms with Crippen molar-refractivity contribution in [2.45, 2.75) is 75.5 Å². The molecule has 2 N–H and O–H groups in total. The van der Waals surface area contributed by atoms with E-state index in [1.807, 2.05) is 18.6 Å². The minimum atomic E-state index is -4.28. The van der Waals surface area contributed by atoms with E-state index in [0.29, 0.717) is 19.5 Å². The Morgan fingerprint density at radius 1 is 1.19 bits per heavy atom. The van der Waals surface area contributed by atoms with Crippen molar-refractivity contribution in [3.63, 3.8) is 0 Å². The number of rotatable bonds is 13. The number of unbranched alkanes of at least 4 members (excludes halogenated alkanes) is 1. The summed E-state index contributed by atoms with van der Waals surface area (Å²) in [5, 5.41) is 17.4. The lowest BCUT2D eigenvalue weighted by Crippen LogP contribution is -2.41. The number of nitrogens with zero attached hydrogens (tertiary/aromatic N) is 6. The van der Waals surface area contributed by atoms with E-state index >= 15 is 0 Å². The van der Waals surface area contributed by atoms with Crippen LogP contribution in [0, 0.1) is 17.8 Å². The zero-order chi connectivity index (χ0) is 34.1. The van der Waals surface area contributed by atoms with Crippen molar-refractivity contribution in [1.29, 1.82) is 0 Å². The zero-order valence-electron chi connectivity index (χ0n) is 25.7. The molecular weight excluding hydrogens is 667 g/mol. The van der Waals surface area contributed by atoms with Crippen molar-refractivity contribution in [1.82, 2.24) is 34.2 Å².